The van der Waals surface area contributed by atoms with Gasteiger partial charge in [0.1, 0.15) is 22.9 Å². The van der Waals surface area contributed by atoms with Crippen LogP contribution in [0.1, 0.15) is 18.4 Å². The molecule has 1 aliphatic heterocycles. The van der Waals surface area contributed by atoms with Gasteiger partial charge in [-0.05, 0) is 36.8 Å². The molecule has 1 unspecified atom stereocenters. The van der Waals surface area contributed by atoms with E-state index >= 15 is 0 Å². The largest absolute Gasteiger partial charge is 0.495 e. The molecule has 10 heteroatoms. The van der Waals surface area contributed by atoms with E-state index < -0.39 is 22.1 Å². The van der Waals surface area contributed by atoms with Gasteiger partial charge >= 0.3 is 0 Å². The van der Waals surface area contributed by atoms with Crippen LogP contribution in [-0.4, -0.2) is 38.7 Å². The molecular formula is C22H20FN3O5S. The van der Waals surface area contributed by atoms with Crippen LogP contribution in [0.4, 0.5) is 10.1 Å². The summed E-state index contributed by atoms with van der Waals surface area (Å²) in [5.41, 5.74) is 1.11. The van der Waals surface area contributed by atoms with E-state index in [9.17, 15) is 17.9 Å². The lowest BCUT2D eigenvalue weighted by atomic mass is 10.1. The number of anilines is 1. The van der Waals surface area contributed by atoms with Gasteiger partial charge in [0.2, 0.25) is 10.0 Å². The van der Waals surface area contributed by atoms with Crippen LogP contribution >= 0.6 is 0 Å². The lowest BCUT2D eigenvalue weighted by molar-refractivity contribution is 0.141. The number of methoxy groups -OCH3 is 1. The Hall–Kier alpha value is -3.21. The smallest absolute Gasteiger partial charge is 0.248 e. The van der Waals surface area contributed by atoms with Crippen molar-refractivity contribution in [3.63, 3.8) is 0 Å². The van der Waals surface area contributed by atoms with E-state index in [0.29, 0.717) is 11.1 Å². The molecule has 32 heavy (non-hydrogen) atoms. The van der Waals surface area contributed by atoms with Crippen LogP contribution in [0.25, 0.3) is 21.9 Å². The molecule has 2 aromatic heterocycles. The Bertz CT molecular complexity index is 1430. The van der Waals surface area contributed by atoms with Gasteiger partial charge in [-0.2, -0.15) is 4.72 Å². The summed E-state index contributed by atoms with van der Waals surface area (Å²) >= 11 is 0. The summed E-state index contributed by atoms with van der Waals surface area (Å²) in [6.45, 7) is 1.67. The number of benzene rings is 2. The van der Waals surface area contributed by atoms with Crippen LogP contribution in [0.2, 0.25) is 0 Å². The number of aromatic nitrogens is 1. The summed E-state index contributed by atoms with van der Waals surface area (Å²) in [6, 6.07) is 11.0. The number of aliphatic hydroxyl groups is 1. The number of fused-ring (bicyclic) bond motifs is 2. The van der Waals surface area contributed by atoms with E-state index in [4.69, 9.17) is 9.15 Å². The first-order chi connectivity index (χ1) is 15.4. The maximum Gasteiger partial charge on any atom is 0.248 e. The molecule has 0 bridgehead atoms. The Kier molecular flexibility index (Phi) is 5.00. The van der Waals surface area contributed by atoms with Gasteiger partial charge in [0.05, 0.1) is 18.0 Å². The number of halogens is 1. The number of rotatable bonds is 6. The van der Waals surface area contributed by atoms with Gasteiger partial charge in [-0.15, -0.1) is 0 Å². The van der Waals surface area contributed by atoms with Crippen LogP contribution in [0.5, 0.6) is 5.75 Å². The fourth-order valence-electron chi connectivity index (χ4n) is 3.78. The van der Waals surface area contributed by atoms with Crippen LogP contribution in [-0.2, 0) is 10.0 Å². The number of furan rings is 1. The minimum atomic E-state index is -4.29. The maximum absolute atomic E-state index is 14.6. The van der Waals surface area contributed by atoms with Crippen molar-refractivity contribution in [1.82, 2.24) is 9.71 Å². The topological polar surface area (TPSA) is 105 Å². The monoisotopic (exact) mass is 457 g/mol. The minimum absolute atomic E-state index is 0.0748. The lowest BCUT2D eigenvalue weighted by Gasteiger charge is -2.33. The first-order valence-electron chi connectivity index (χ1n) is 9.97. The molecule has 1 fully saturated rings. The zero-order valence-corrected chi connectivity index (χ0v) is 17.9. The highest BCUT2D eigenvalue weighted by molar-refractivity contribution is 7.89. The van der Waals surface area contributed by atoms with E-state index in [1.54, 1.807) is 24.3 Å². The van der Waals surface area contributed by atoms with Gasteiger partial charge in [-0.3, -0.25) is 4.98 Å². The summed E-state index contributed by atoms with van der Waals surface area (Å²) < 4.78 is 53.9. The van der Waals surface area contributed by atoms with Crippen LogP contribution in [0.15, 0.2) is 58.0 Å². The first kappa shape index (κ1) is 20.7. The maximum atomic E-state index is 14.6. The highest BCUT2D eigenvalue weighted by atomic mass is 32.2. The predicted octanol–water partition coefficient (Wildman–Crippen LogP) is 3.31. The Balaban J connectivity index is 1.51. The second-order valence-corrected chi connectivity index (χ2v) is 9.18. The van der Waals surface area contributed by atoms with E-state index in [2.05, 4.69) is 9.71 Å². The molecule has 5 rings (SSSR count). The molecule has 2 N–H and O–H groups in total. The Labute approximate surface area is 183 Å². The van der Waals surface area contributed by atoms with E-state index in [-0.39, 0.29) is 32.9 Å². The second-order valence-electron chi connectivity index (χ2n) is 7.52. The summed E-state index contributed by atoms with van der Waals surface area (Å²) in [5, 5.41) is 11.4. The zero-order valence-electron chi connectivity index (χ0n) is 17.1. The van der Waals surface area contributed by atoms with Gasteiger partial charge in [-0.1, -0.05) is 6.07 Å². The SMILES string of the molecule is COc1ccc2cccnc2c1S(=O)(=O)NC(O)c1cc2c(F)cc(N3CCC3)cc2o1. The molecule has 0 spiro atoms. The normalized spacial score (nSPS) is 15.2. The average molecular weight is 457 g/mol. The van der Waals surface area contributed by atoms with Crippen molar-refractivity contribution >= 4 is 37.6 Å². The molecular weight excluding hydrogens is 437 g/mol. The number of ether oxygens (including phenoxy) is 1. The number of aliphatic hydroxyl groups excluding tert-OH is 1. The second kappa shape index (κ2) is 7.73. The summed E-state index contributed by atoms with van der Waals surface area (Å²) in [7, 11) is -2.95. The van der Waals surface area contributed by atoms with Gasteiger partial charge in [-0.25, -0.2) is 12.8 Å². The molecule has 1 atom stereocenters. The van der Waals surface area contributed by atoms with Gasteiger partial charge in [0.15, 0.2) is 11.1 Å². The van der Waals surface area contributed by atoms with Crippen molar-refractivity contribution < 1.29 is 27.1 Å². The number of hydrogen-bond acceptors (Lipinski definition) is 7. The molecule has 4 aromatic rings. The summed E-state index contributed by atoms with van der Waals surface area (Å²) in [4.78, 5) is 5.96. The van der Waals surface area contributed by atoms with E-state index in [1.165, 1.54) is 31.5 Å². The number of pyridine rings is 1. The van der Waals surface area contributed by atoms with Crippen LogP contribution in [0, 0.1) is 5.82 Å². The zero-order chi connectivity index (χ0) is 22.5. The number of nitrogens with zero attached hydrogens (tertiary/aromatic N) is 2. The van der Waals surface area contributed by atoms with Crippen molar-refractivity contribution in [1.29, 1.82) is 0 Å². The van der Waals surface area contributed by atoms with E-state index in [1.807, 2.05) is 4.90 Å². The third-order valence-electron chi connectivity index (χ3n) is 5.53. The molecule has 0 radical (unpaired) electrons. The molecule has 0 amide bonds. The van der Waals surface area contributed by atoms with Crippen LogP contribution < -0.4 is 14.4 Å². The van der Waals surface area contributed by atoms with Crippen molar-refractivity contribution in [2.45, 2.75) is 17.5 Å². The highest BCUT2D eigenvalue weighted by Gasteiger charge is 2.28. The lowest BCUT2D eigenvalue weighted by Crippen LogP contribution is -2.36. The first-order valence-corrected chi connectivity index (χ1v) is 11.5. The standard InChI is InChI=1S/C22H20FN3O5S/c1-30-17-6-5-13-4-2-7-24-20(13)21(17)32(28,29)25-22(27)19-12-15-16(23)10-14(11-18(15)31-19)26-8-3-9-26/h2,4-7,10-12,22,25,27H,3,8-9H2,1H3. The van der Waals surface area contributed by atoms with Crippen molar-refractivity contribution in [2.24, 2.45) is 0 Å². The molecule has 3 heterocycles. The third kappa shape index (κ3) is 3.46. The van der Waals surface area contributed by atoms with Gasteiger partial charge in [0, 0.05) is 36.4 Å². The summed E-state index contributed by atoms with van der Waals surface area (Å²) in [6.07, 6.45) is 0.758. The summed E-state index contributed by atoms with van der Waals surface area (Å²) in [5.74, 6) is -0.560. The quantitative estimate of drug-likeness (QED) is 0.428. The number of sulfonamides is 1. The van der Waals surface area contributed by atoms with Crippen molar-refractivity contribution in [3.05, 3.63) is 60.2 Å². The third-order valence-corrected chi connectivity index (χ3v) is 6.99. The Morgan fingerprint density at radius 1 is 1.25 bits per heavy atom. The fourth-order valence-corrected chi connectivity index (χ4v) is 5.15. The molecule has 1 saturated heterocycles. The Morgan fingerprint density at radius 2 is 2.06 bits per heavy atom. The molecule has 8 nitrogen and oxygen atoms in total. The molecule has 2 aromatic carbocycles. The molecule has 166 valence electrons. The van der Waals surface area contributed by atoms with Gasteiger partial charge < -0.3 is 19.2 Å². The van der Waals surface area contributed by atoms with Crippen LogP contribution in [0.3, 0.4) is 0 Å². The number of nitrogens with one attached hydrogen (secondary N) is 1. The van der Waals surface area contributed by atoms with Gasteiger partial charge in [0.25, 0.3) is 0 Å². The van der Waals surface area contributed by atoms with Crippen molar-refractivity contribution in [3.8, 4) is 5.75 Å². The predicted molar refractivity (Wildman–Crippen MR) is 117 cm³/mol. The van der Waals surface area contributed by atoms with Crippen molar-refractivity contribution in [2.75, 3.05) is 25.1 Å². The number of hydrogen-bond donors (Lipinski definition) is 2. The minimum Gasteiger partial charge on any atom is -0.495 e. The van der Waals surface area contributed by atoms with E-state index in [0.717, 1.165) is 19.5 Å². The fraction of sp³-hybridized carbons (Fsp3) is 0.227. The Morgan fingerprint density at radius 3 is 2.78 bits per heavy atom. The molecule has 1 aliphatic rings. The average Bonchev–Trinajstić information content (AvgIpc) is 3.16. The highest BCUT2D eigenvalue weighted by Crippen LogP contribution is 2.34. The molecule has 0 aliphatic carbocycles. The molecule has 0 saturated carbocycles.